The highest BCUT2D eigenvalue weighted by Gasteiger charge is 2.85. The van der Waals surface area contributed by atoms with Crippen molar-refractivity contribution in [2.45, 2.75) is 152 Å². The molecule has 1 heterocycles. The van der Waals surface area contributed by atoms with Gasteiger partial charge in [-0.25, -0.2) is 4.79 Å². The molecule has 17 atom stereocenters. The van der Waals surface area contributed by atoms with Gasteiger partial charge in [-0.3, -0.25) is 0 Å². The molecule has 0 spiro atoms. The van der Waals surface area contributed by atoms with Gasteiger partial charge in [0.05, 0.1) is 23.2 Å². The zero-order chi connectivity index (χ0) is 40.8. The number of fused-ring (bicyclic) bond motifs is 9. The van der Waals surface area contributed by atoms with E-state index in [-0.39, 0.29) is 42.4 Å². The Morgan fingerprint density at radius 2 is 1.78 bits per heavy atom. The zero-order valence-electron chi connectivity index (χ0n) is 35.2. The van der Waals surface area contributed by atoms with Crippen LogP contribution in [-0.4, -0.2) is 99.7 Å². The highest BCUT2D eigenvalue weighted by atomic mass is 16.5. The van der Waals surface area contributed by atoms with Gasteiger partial charge >= 0.3 is 5.97 Å². The topological polar surface area (TPSA) is 166 Å². The summed E-state index contributed by atoms with van der Waals surface area (Å²) in [5, 5.41) is 70.9. The number of aliphatic hydroxyl groups excluding tert-OH is 2. The standard InChI is InChI=1S/C48H71NO9/c1-4-5-6-13-30-24-45(27-50)38-16-17-44(2)40-31(20-32(26-49-18-10-19-57-3)42-35(40)23-39(51)58-42)25-46(44,54)48(38,56)43(53)37-22-34-29(21-36(41(30)52)47(37,45)55)14-9-15-33(34)28-11-7-8-12-28/h9,14,20,23,27-31,33-34,36-38,40-43,49,52-56H,4-8,10-13,15-19,21-22,24-26H2,1-3H3. The van der Waals surface area contributed by atoms with Gasteiger partial charge in [0.25, 0.3) is 0 Å². The van der Waals surface area contributed by atoms with E-state index in [0.717, 1.165) is 68.9 Å². The number of aldehydes is 1. The largest absolute Gasteiger partial charge is 0.450 e. The van der Waals surface area contributed by atoms with Crippen molar-refractivity contribution in [1.82, 2.24) is 5.32 Å². The summed E-state index contributed by atoms with van der Waals surface area (Å²) in [6.45, 7) is 6.02. The maximum atomic E-state index is 14.4. The van der Waals surface area contributed by atoms with Gasteiger partial charge in [-0.05, 0) is 117 Å². The van der Waals surface area contributed by atoms with Crippen LogP contribution in [-0.2, 0) is 19.1 Å². The first kappa shape index (κ1) is 41.4. The monoisotopic (exact) mass is 806 g/mol. The van der Waals surface area contributed by atoms with Gasteiger partial charge in [-0.1, -0.05) is 77.0 Å². The number of esters is 1. The number of allylic oxidation sites excluding steroid dienone is 3. The van der Waals surface area contributed by atoms with Gasteiger partial charge in [0.2, 0.25) is 0 Å². The summed E-state index contributed by atoms with van der Waals surface area (Å²) in [7, 11) is 1.68. The highest BCUT2D eigenvalue weighted by Crippen LogP contribution is 2.77. The molecule has 10 nitrogen and oxygen atoms in total. The van der Waals surface area contributed by atoms with Gasteiger partial charge < -0.3 is 45.1 Å². The molecule has 0 aromatic heterocycles. The number of unbranched alkanes of at least 4 members (excludes halogenated alkanes) is 2. The van der Waals surface area contributed by atoms with E-state index in [9.17, 15) is 35.1 Å². The average Bonchev–Trinajstić information content (AvgIpc) is 3.91. The predicted octanol–water partition coefficient (Wildman–Crippen LogP) is 5.20. The molecule has 6 N–H and O–H groups in total. The molecular weight excluding hydrogens is 735 g/mol. The van der Waals surface area contributed by atoms with Gasteiger partial charge in [0.1, 0.15) is 23.6 Å². The second kappa shape index (κ2) is 15.2. The minimum atomic E-state index is -2.14. The Bertz CT molecular complexity index is 1690. The predicted molar refractivity (Wildman–Crippen MR) is 218 cm³/mol. The summed E-state index contributed by atoms with van der Waals surface area (Å²) >= 11 is 0. The van der Waals surface area contributed by atoms with E-state index in [4.69, 9.17) is 9.47 Å². The normalized spacial score (nSPS) is 50.3. The summed E-state index contributed by atoms with van der Waals surface area (Å²) in [4.78, 5) is 27.5. The van der Waals surface area contributed by atoms with Crippen LogP contribution in [0.5, 0.6) is 0 Å². The summed E-state index contributed by atoms with van der Waals surface area (Å²) in [6, 6.07) is 0. The second-order valence-electron chi connectivity index (χ2n) is 21.0. The Balaban J connectivity index is 1.16. The quantitative estimate of drug-likeness (QED) is 0.0669. The van der Waals surface area contributed by atoms with E-state index in [0.29, 0.717) is 57.1 Å². The van der Waals surface area contributed by atoms with Crippen molar-refractivity contribution in [3.63, 3.8) is 0 Å². The molecule has 6 saturated carbocycles. The molecule has 322 valence electrons. The first-order valence-corrected chi connectivity index (χ1v) is 23.3. The molecule has 0 aromatic carbocycles. The lowest BCUT2D eigenvalue weighted by molar-refractivity contribution is -0.377. The van der Waals surface area contributed by atoms with Crippen LogP contribution in [0.2, 0.25) is 0 Å². The van der Waals surface area contributed by atoms with Crippen molar-refractivity contribution in [1.29, 1.82) is 0 Å². The van der Waals surface area contributed by atoms with E-state index in [1.165, 1.54) is 12.8 Å². The van der Waals surface area contributed by atoms with Gasteiger partial charge in [-0.2, -0.15) is 0 Å². The maximum absolute atomic E-state index is 14.4. The Morgan fingerprint density at radius 1 is 0.983 bits per heavy atom. The number of carbonyl (C=O) groups is 2. The number of carbonyl (C=O) groups excluding carboxylic acids is 2. The summed E-state index contributed by atoms with van der Waals surface area (Å²) in [5.41, 5.74) is -6.50. The minimum absolute atomic E-state index is 0.0781. The molecule has 58 heavy (non-hydrogen) atoms. The number of methoxy groups -OCH3 is 1. The van der Waals surface area contributed by atoms with Crippen LogP contribution >= 0.6 is 0 Å². The number of hydrogen-bond acceptors (Lipinski definition) is 10. The molecule has 0 saturated heterocycles. The lowest BCUT2D eigenvalue weighted by Gasteiger charge is -2.73. The van der Waals surface area contributed by atoms with Gasteiger partial charge in [0.15, 0.2) is 0 Å². The minimum Gasteiger partial charge on any atom is -0.450 e. The third-order valence-electron chi connectivity index (χ3n) is 18.9. The molecule has 1 aliphatic heterocycles. The molecule has 0 aromatic rings. The number of aliphatic hydroxyl groups is 5. The van der Waals surface area contributed by atoms with Crippen molar-refractivity contribution in [2.24, 2.45) is 70.0 Å². The summed E-state index contributed by atoms with van der Waals surface area (Å²) < 4.78 is 11.2. The van der Waals surface area contributed by atoms with E-state index in [2.05, 4.69) is 30.5 Å². The molecule has 0 bridgehead atoms. The molecule has 8 aliphatic carbocycles. The van der Waals surface area contributed by atoms with E-state index in [1.54, 1.807) is 13.2 Å². The third-order valence-corrected chi connectivity index (χ3v) is 18.9. The Kier molecular flexibility index (Phi) is 10.8. The molecule has 0 amide bonds. The van der Waals surface area contributed by atoms with Crippen molar-refractivity contribution in [3.05, 3.63) is 35.5 Å². The molecule has 9 rings (SSSR count). The van der Waals surface area contributed by atoms with Crippen molar-refractivity contribution in [2.75, 3.05) is 26.8 Å². The first-order chi connectivity index (χ1) is 27.8. The van der Waals surface area contributed by atoms with Crippen LogP contribution in [0.15, 0.2) is 35.5 Å². The van der Waals surface area contributed by atoms with Crippen molar-refractivity contribution in [3.8, 4) is 0 Å². The van der Waals surface area contributed by atoms with E-state index in [1.807, 2.05) is 6.92 Å². The average molecular weight is 806 g/mol. The van der Waals surface area contributed by atoms with Crippen LogP contribution in [0.1, 0.15) is 117 Å². The maximum Gasteiger partial charge on any atom is 0.331 e. The fourth-order valence-electron chi connectivity index (χ4n) is 16.5. The number of hydrogen-bond donors (Lipinski definition) is 6. The van der Waals surface area contributed by atoms with Crippen molar-refractivity contribution >= 4 is 12.3 Å². The van der Waals surface area contributed by atoms with Crippen LogP contribution < -0.4 is 5.32 Å². The highest BCUT2D eigenvalue weighted by molar-refractivity contribution is 5.87. The van der Waals surface area contributed by atoms with Crippen molar-refractivity contribution < 1.29 is 44.6 Å². The second-order valence-corrected chi connectivity index (χ2v) is 21.0. The zero-order valence-corrected chi connectivity index (χ0v) is 35.2. The van der Waals surface area contributed by atoms with Crippen LogP contribution in [0.25, 0.3) is 0 Å². The number of rotatable bonds is 12. The number of nitrogens with one attached hydrogen (secondary N) is 1. The van der Waals surface area contributed by atoms with Gasteiger partial charge in [-0.15, -0.1) is 0 Å². The Morgan fingerprint density at radius 3 is 2.52 bits per heavy atom. The fraction of sp³-hybridized carbons (Fsp3) is 0.833. The molecule has 17 unspecified atom stereocenters. The van der Waals surface area contributed by atoms with Crippen LogP contribution in [0.3, 0.4) is 0 Å². The third kappa shape index (κ3) is 5.59. The summed E-state index contributed by atoms with van der Waals surface area (Å²) in [6.07, 6.45) is 18.5. The number of ether oxygens (including phenoxy) is 2. The molecule has 6 fully saturated rings. The first-order valence-electron chi connectivity index (χ1n) is 23.3. The SMILES string of the molecule is CCCCCC1CC2(C=O)C3CCC4(C)C5C6=CC(=O)OC6C(CNCCCOC)=CC5CC4(O)C3(O)C(O)C3CC4C(C=CCC4C4CCCC4)CC(C1O)C32O. The molecule has 9 aliphatic rings. The van der Waals surface area contributed by atoms with Crippen LogP contribution in [0.4, 0.5) is 0 Å². The Labute approximate surface area is 345 Å². The van der Waals surface area contributed by atoms with Gasteiger partial charge in [0, 0.05) is 49.5 Å². The Hall–Kier alpha value is -1.92. The van der Waals surface area contributed by atoms with E-state index >= 15 is 0 Å². The summed E-state index contributed by atoms with van der Waals surface area (Å²) in [5.74, 6) is -2.69. The molecule has 10 heteroatoms. The smallest absolute Gasteiger partial charge is 0.331 e. The van der Waals surface area contributed by atoms with Crippen LogP contribution in [0, 0.1) is 70.0 Å². The fourth-order valence-corrected chi connectivity index (χ4v) is 16.5. The lowest BCUT2D eigenvalue weighted by atomic mass is 9.34. The molecule has 0 radical (unpaired) electrons. The van der Waals surface area contributed by atoms with E-state index < -0.39 is 69.7 Å². The molecular formula is C48H71NO9. The lowest BCUT2D eigenvalue weighted by Crippen LogP contribution is -2.85.